The standard InChI is InChI=1S/C18H18N4O3S/c1-11(23)13-6-8-14(9-7-13)19-17(24)12(2)26-18-21-20-16(22(18)3)15-5-4-10-25-15/h4-10,12H,1-3H3,(H,19,24). The smallest absolute Gasteiger partial charge is 0.237 e. The number of ketones is 1. The van der Waals surface area contributed by atoms with Crippen molar-refractivity contribution < 1.29 is 14.0 Å². The van der Waals surface area contributed by atoms with Gasteiger partial charge < -0.3 is 14.3 Å². The molecule has 0 aliphatic carbocycles. The average Bonchev–Trinajstić information content (AvgIpc) is 3.26. The van der Waals surface area contributed by atoms with Crippen molar-refractivity contribution >= 4 is 29.1 Å². The van der Waals surface area contributed by atoms with Crippen molar-refractivity contribution in [1.29, 1.82) is 0 Å². The van der Waals surface area contributed by atoms with E-state index in [4.69, 9.17) is 4.42 Å². The number of amides is 1. The summed E-state index contributed by atoms with van der Waals surface area (Å²) in [7, 11) is 1.82. The summed E-state index contributed by atoms with van der Waals surface area (Å²) >= 11 is 1.31. The van der Waals surface area contributed by atoms with E-state index in [9.17, 15) is 9.59 Å². The molecule has 1 N–H and O–H groups in total. The van der Waals surface area contributed by atoms with Crippen LogP contribution in [0.15, 0.2) is 52.2 Å². The average molecular weight is 370 g/mol. The Bertz CT molecular complexity index is 917. The molecule has 2 heterocycles. The molecule has 0 radical (unpaired) electrons. The lowest BCUT2D eigenvalue weighted by Gasteiger charge is -2.11. The normalized spacial score (nSPS) is 12.0. The number of nitrogens with zero attached hydrogens (tertiary/aromatic N) is 3. The highest BCUT2D eigenvalue weighted by atomic mass is 32.2. The molecule has 1 aromatic carbocycles. The van der Waals surface area contributed by atoms with Gasteiger partial charge in [0.25, 0.3) is 0 Å². The van der Waals surface area contributed by atoms with Crippen LogP contribution in [0.5, 0.6) is 0 Å². The Morgan fingerprint density at radius 2 is 1.92 bits per heavy atom. The lowest BCUT2D eigenvalue weighted by Crippen LogP contribution is -2.22. The maximum Gasteiger partial charge on any atom is 0.237 e. The molecule has 0 saturated carbocycles. The van der Waals surface area contributed by atoms with Crippen LogP contribution >= 0.6 is 11.8 Å². The minimum atomic E-state index is -0.380. The van der Waals surface area contributed by atoms with Crippen LogP contribution in [0.3, 0.4) is 0 Å². The molecular formula is C18H18N4O3S. The van der Waals surface area contributed by atoms with Crippen LogP contribution in [-0.4, -0.2) is 31.7 Å². The number of benzene rings is 1. The number of rotatable bonds is 6. The van der Waals surface area contributed by atoms with Gasteiger partial charge in [-0.25, -0.2) is 0 Å². The van der Waals surface area contributed by atoms with Gasteiger partial charge in [-0.2, -0.15) is 0 Å². The van der Waals surface area contributed by atoms with Gasteiger partial charge in [0.05, 0.1) is 11.5 Å². The maximum atomic E-state index is 12.4. The molecule has 0 fully saturated rings. The Hall–Kier alpha value is -2.87. The van der Waals surface area contributed by atoms with E-state index in [1.807, 2.05) is 7.05 Å². The Labute approximate surface area is 154 Å². The highest BCUT2D eigenvalue weighted by molar-refractivity contribution is 8.00. The quantitative estimate of drug-likeness (QED) is 0.528. The highest BCUT2D eigenvalue weighted by Gasteiger charge is 2.20. The van der Waals surface area contributed by atoms with E-state index in [0.717, 1.165) is 0 Å². The second-order valence-electron chi connectivity index (χ2n) is 5.73. The minimum absolute atomic E-state index is 0.0126. The van der Waals surface area contributed by atoms with Gasteiger partial charge in [0.15, 0.2) is 22.5 Å². The minimum Gasteiger partial charge on any atom is -0.461 e. The zero-order chi connectivity index (χ0) is 18.7. The number of hydrogen-bond donors (Lipinski definition) is 1. The third-order valence-corrected chi connectivity index (χ3v) is 4.92. The molecule has 2 aromatic heterocycles. The van der Waals surface area contributed by atoms with Crippen molar-refractivity contribution in [2.75, 3.05) is 5.32 Å². The molecule has 3 rings (SSSR count). The lowest BCUT2D eigenvalue weighted by atomic mass is 10.1. The van der Waals surface area contributed by atoms with Crippen LogP contribution in [0.25, 0.3) is 11.6 Å². The van der Waals surface area contributed by atoms with Crippen LogP contribution in [-0.2, 0) is 11.8 Å². The van der Waals surface area contributed by atoms with Gasteiger partial charge in [0, 0.05) is 18.3 Å². The Morgan fingerprint density at radius 1 is 1.19 bits per heavy atom. The van der Waals surface area contributed by atoms with Gasteiger partial charge in [-0.3, -0.25) is 9.59 Å². The first-order valence-corrected chi connectivity index (χ1v) is 8.85. The number of nitrogens with one attached hydrogen (secondary N) is 1. The largest absolute Gasteiger partial charge is 0.461 e. The van der Waals surface area contributed by atoms with Crippen molar-refractivity contribution in [2.45, 2.75) is 24.3 Å². The van der Waals surface area contributed by atoms with Gasteiger partial charge >= 0.3 is 0 Å². The van der Waals surface area contributed by atoms with E-state index >= 15 is 0 Å². The first kappa shape index (κ1) is 17.9. The van der Waals surface area contributed by atoms with E-state index in [-0.39, 0.29) is 16.9 Å². The van der Waals surface area contributed by atoms with Crippen molar-refractivity contribution in [1.82, 2.24) is 14.8 Å². The van der Waals surface area contributed by atoms with Crippen molar-refractivity contribution in [3.8, 4) is 11.6 Å². The molecule has 26 heavy (non-hydrogen) atoms. The van der Waals surface area contributed by atoms with E-state index in [2.05, 4.69) is 15.5 Å². The summed E-state index contributed by atoms with van der Waals surface area (Å²) < 4.78 is 7.12. The van der Waals surface area contributed by atoms with Crippen LogP contribution in [0, 0.1) is 0 Å². The maximum absolute atomic E-state index is 12.4. The second kappa shape index (κ2) is 7.57. The van der Waals surface area contributed by atoms with Crippen LogP contribution in [0.4, 0.5) is 5.69 Å². The van der Waals surface area contributed by atoms with E-state index in [0.29, 0.717) is 28.0 Å². The summed E-state index contributed by atoms with van der Waals surface area (Å²) in [6.45, 7) is 3.30. The molecule has 0 aliphatic heterocycles. The lowest BCUT2D eigenvalue weighted by molar-refractivity contribution is -0.115. The summed E-state index contributed by atoms with van der Waals surface area (Å²) in [5.74, 6) is 1.05. The molecule has 0 saturated heterocycles. The van der Waals surface area contributed by atoms with Gasteiger partial charge in [-0.1, -0.05) is 11.8 Å². The zero-order valence-electron chi connectivity index (χ0n) is 14.6. The molecular weight excluding hydrogens is 352 g/mol. The fourth-order valence-corrected chi connectivity index (χ4v) is 3.10. The van der Waals surface area contributed by atoms with Crippen molar-refractivity contribution in [3.63, 3.8) is 0 Å². The van der Waals surface area contributed by atoms with Gasteiger partial charge in [0.2, 0.25) is 5.91 Å². The summed E-state index contributed by atoms with van der Waals surface area (Å²) in [6.07, 6.45) is 1.57. The molecule has 0 aliphatic rings. The van der Waals surface area contributed by atoms with Gasteiger partial charge in [-0.15, -0.1) is 10.2 Å². The Kier molecular flexibility index (Phi) is 5.22. The van der Waals surface area contributed by atoms with E-state index < -0.39 is 0 Å². The SMILES string of the molecule is CC(=O)c1ccc(NC(=O)C(C)Sc2nnc(-c3ccco3)n2C)cc1. The number of carbonyl (C=O) groups is 2. The summed E-state index contributed by atoms with van der Waals surface area (Å²) in [4.78, 5) is 23.7. The monoisotopic (exact) mass is 370 g/mol. The van der Waals surface area contributed by atoms with Crippen molar-refractivity contribution in [3.05, 3.63) is 48.2 Å². The topological polar surface area (TPSA) is 90.0 Å². The van der Waals surface area contributed by atoms with Crippen LogP contribution in [0.2, 0.25) is 0 Å². The number of furan rings is 1. The predicted molar refractivity (Wildman–Crippen MR) is 99.1 cm³/mol. The third kappa shape index (κ3) is 3.85. The highest BCUT2D eigenvalue weighted by Crippen LogP contribution is 2.26. The van der Waals surface area contributed by atoms with Crippen LogP contribution in [0.1, 0.15) is 24.2 Å². The molecule has 1 unspecified atom stereocenters. The second-order valence-corrected chi connectivity index (χ2v) is 7.03. The predicted octanol–water partition coefficient (Wildman–Crippen LogP) is 3.40. The molecule has 1 amide bonds. The molecule has 1 atom stereocenters. The first-order chi connectivity index (χ1) is 12.5. The molecule has 3 aromatic rings. The zero-order valence-corrected chi connectivity index (χ0v) is 15.4. The number of hydrogen-bond acceptors (Lipinski definition) is 6. The van der Waals surface area contributed by atoms with Gasteiger partial charge in [0.1, 0.15) is 0 Å². The van der Waals surface area contributed by atoms with E-state index in [1.165, 1.54) is 18.7 Å². The number of carbonyl (C=O) groups excluding carboxylic acids is 2. The number of aromatic nitrogens is 3. The fraction of sp³-hybridized carbons (Fsp3) is 0.222. The molecule has 0 bridgehead atoms. The summed E-state index contributed by atoms with van der Waals surface area (Å²) in [5.41, 5.74) is 1.25. The number of Topliss-reactive ketones (excluding diaryl/α,β-unsaturated/α-hetero) is 1. The Balaban J connectivity index is 1.65. The number of anilines is 1. The molecule has 7 nitrogen and oxygen atoms in total. The molecule has 134 valence electrons. The van der Waals surface area contributed by atoms with Crippen molar-refractivity contribution in [2.24, 2.45) is 7.05 Å². The van der Waals surface area contributed by atoms with E-state index in [1.54, 1.807) is 54.2 Å². The molecule has 0 spiro atoms. The van der Waals surface area contributed by atoms with Gasteiger partial charge in [-0.05, 0) is 50.2 Å². The number of thioether (sulfide) groups is 1. The third-order valence-electron chi connectivity index (χ3n) is 3.79. The Morgan fingerprint density at radius 3 is 2.54 bits per heavy atom. The molecule has 8 heteroatoms. The summed E-state index contributed by atoms with van der Waals surface area (Å²) in [5, 5.41) is 11.3. The fourth-order valence-electron chi connectivity index (χ4n) is 2.28. The first-order valence-electron chi connectivity index (χ1n) is 7.97. The van der Waals surface area contributed by atoms with Crippen LogP contribution < -0.4 is 5.32 Å². The summed E-state index contributed by atoms with van der Waals surface area (Å²) in [6, 6.07) is 10.4.